The zero-order chi connectivity index (χ0) is 13.4. The second-order valence-electron chi connectivity index (χ2n) is 4.45. The largest absolute Gasteiger partial charge is 0.395 e. The summed E-state index contributed by atoms with van der Waals surface area (Å²) in [6.07, 6.45) is 4.04. The summed E-state index contributed by atoms with van der Waals surface area (Å²) in [6, 6.07) is 0. The van der Waals surface area contributed by atoms with Crippen molar-refractivity contribution in [3.63, 3.8) is 0 Å². The van der Waals surface area contributed by atoms with Crippen molar-refractivity contribution in [1.29, 1.82) is 0 Å². The first-order chi connectivity index (χ1) is 8.70. The average molecular weight is 258 g/mol. The predicted octanol–water partition coefficient (Wildman–Crippen LogP) is -0.798. The molecule has 0 atom stereocenters. The molecule has 0 aliphatic carbocycles. The normalized spacial score (nSPS) is 16.2. The minimum Gasteiger partial charge on any atom is -0.395 e. The Morgan fingerprint density at radius 2 is 1.44 bits per heavy atom. The van der Waals surface area contributed by atoms with Crippen LogP contribution in [0.1, 0.15) is 25.7 Å². The van der Waals surface area contributed by atoms with Crippen molar-refractivity contribution in [2.75, 3.05) is 39.4 Å². The molecule has 1 rings (SSSR count). The van der Waals surface area contributed by atoms with E-state index in [1.54, 1.807) is 4.90 Å². The smallest absolute Gasteiger partial charge is 0.312 e. The van der Waals surface area contributed by atoms with Gasteiger partial charge in [0.2, 0.25) is 0 Å². The Labute approximate surface area is 107 Å². The molecule has 0 spiro atoms. The van der Waals surface area contributed by atoms with Crippen LogP contribution in [0.15, 0.2) is 0 Å². The molecule has 1 aliphatic rings. The second-order valence-corrected chi connectivity index (χ2v) is 4.45. The summed E-state index contributed by atoms with van der Waals surface area (Å²) in [5.41, 5.74) is 0. The highest BCUT2D eigenvalue weighted by Gasteiger charge is 2.26. The van der Waals surface area contributed by atoms with E-state index in [1.807, 2.05) is 0 Å². The molecule has 0 aromatic heterocycles. The monoisotopic (exact) mass is 258 g/mol. The first-order valence-electron chi connectivity index (χ1n) is 6.50. The van der Waals surface area contributed by atoms with Gasteiger partial charge in [0, 0.05) is 26.2 Å². The molecule has 1 saturated heterocycles. The third-order valence-electron chi connectivity index (χ3n) is 3.10. The molecule has 0 unspecified atom stereocenters. The zero-order valence-corrected chi connectivity index (χ0v) is 10.7. The van der Waals surface area contributed by atoms with Crippen molar-refractivity contribution in [2.45, 2.75) is 25.7 Å². The number of aliphatic hydroxyl groups is 2. The maximum Gasteiger partial charge on any atom is 0.312 e. The fraction of sp³-hybridized carbons (Fsp3) is 0.833. The van der Waals surface area contributed by atoms with E-state index in [0.29, 0.717) is 13.1 Å². The predicted molar refractivity (Wildman–Crippen MR) is 65.8 cm³/mol. The van der Waals surface area contributed by atoms with Gasteiger partial charge in [-0.1, -0.05) is 12.8 Å². The Morgan fingerprint density at radius 3 is 1.89 bits per heavy atom. The lowest BCUT2D eigenvalue weighted by molar-refractivity contribution is -0.152. The first-order valence-corrected chi connectivity index (χ1v) is 6.50. The van der Waals surface area contributed by atoms with Gasteiger partial charge in [0.25, 0.3) is 0 Å². The average Bonchev–Trinajstić information content (AvgIpc) is 2.65. The van der Waals surface area contributed by atoms with Gasteiger partial charge >= 0.3 is 11.8 Å². The number of nitrogens with zero attached hydrogens (tertiary/aromatic N) is 2. The molecule has 0 bridgehead atoms. The van der Waals surface area contributed by atoms with Crippen LogP contribution < -0.4 is 0 Å². The molecule has 18 heavy (non-hydrogen) atoms. The highest BCUT2D eigenvalue weighted by molar-refractivity contribution is 6.34. The summed E-state index contributed by atoms with van der Waals surface area (Å²) < 4.78 is 0. The van der Waals surface area contributed by atoms with Crippen LogP contribution in [0.2, 0.25) is 0 Å². The lowest BCUT2D eigenvalue weighted by atomic mass is 10.2. The summed E-state index contributed by atoms with van der Waals surface area (Å²) in [7, 11) is 0. The standard InChI is InChI=1S/C12H22N2O4/c15-9-7-14(8-10-16)12(18)11(17)13-5-3-1-2-4-6-13/h15-16H,1-10H2. The fourth-order valence-corrected chi connectivity index (χ4v) is 2.10. The second kappa shape index (κ2) is 8.05. The molecule has 6 nitrogen and oxygen atoms in total. The third kappa shape index (κ3) is 4.27. The van der Waals surface area contributed by atoms with Gasteiger partial charge in [-0.2, -0.15) is 0 Å². The quantitative estimate of drug-likeness (QED) is 0.647. The van der Waals surface area contributed by atoms with Crippen LogP contribution >= 0.6 is 0 Å². The Kier molecular flexibility index (Phi) is 6.67. The number of aliphatic hydroxyl groups excluding tert-OH is 2. The number of carbonyl (C=O) groups excluding carboxylic acids is 2. The van der Waals surface area contributed by atoms with Crippen LogP contribution in [0, 0.1) is 0 Å². The Balaban J connectivity index is 2.58. The Hall–Kier alpha value is -1.14. The van der Waals surface area contributed by atoms with Crippen molar-refractivity contribution in [2.24, 2.45) is 0 Å². The maximum absolute atomic E-state index is 12.0. The van der Waals surface area contributed by atoms with E-state index in [0.717, 1.165) is 25.7 Å². The van der Waals surface area contributed by atoms with Crippen LogP contribution in [-0.4, -0.2) is 71.2 Å². The highest BCUT2D eigenvalue weighted by atomic mass is 16.3. The van der Waals surface area contributed by atoms with Crippen LogP contribution in [0.5, 0.6) is 0 Å². The summed E-state index contributed by atoms with van der Waals surface area (Å²) in [6.45, 7) is 0.989. The number of carbonyl (C=O) groups is 2. The fourth-order valence-electron chi connectivity index (χ4n) is 2.10. The molecule has 1 fully saturated rings. The summed E-state index contributed by atoms with van der Waals surface area (Å²) in [5, 5.41) is 17.7. The topological polar surface area (TPSA) is 81.1 Å². The van der Waals surface area contributed by atoms with E-state index in [1.165, 1.54) is 4.90 Å². The van der Waals surface area contributed by atoms with E-state index in [-0.39, 0.29) is 26.3 Å². The Morgan fingerprint density at radius 1 is 0.944 bits per heavy atom. The molecule has 1 aliphatic heterocycles. The van der Waals surface area contributed by atoms with E-state index in [9.17, 15) is 9.59 Å². The molecule has 0 aromatic rings. The van der Waals surface area contributed by atoms with Crippen LogP contribution in [0.3, 0.4) is 0 Å². The SMILES string of the molecule is O=C(C(=O)N1CCCCCC1)N(CCO)CCO. The lowest BCUT2D eigenvalue weighted by Crippen LogP contribution is -2.47. The molecule has 0 saturated carbocycles. The van der Waals surface area contributed by atoms with Crippen molar-refractivity contribution < 1.29 is 19.8 Å². The summed E-state index contributed by atoms with van der Waals surface area (Å²) in [5.74, 6) is -1.14. The van der Waals surface area contributed by atoms with Gasteiger partial charge in [-0.15, -0.1) is 0 Å². The lowest BCUT2D eigenvalue weighted by Gasteiger charge is -2.25. The Bertz CT molecular complexity index is 257. The van der Waals surface area contributed by atoms with Crippen molar-refractivity contribution in [3.8, 4) is 0 Å². The molecule has 0 radical (unpaired) electrons. The molecular weight excluding hydrogens is 236 g/mol. The number of hydrogen-bond acceptors (Lipinski definition) is 4. The van der Waals surface area contributed by atoms with Gasteiger partial charge in [0.1, 0.15) is 0 Å². The third-order valence-corrected chi connectivity index (χ3v) is 3.10. The molecule has 104 valence electrons. The highest BCUT2D eigenvalue weighted by Crippen LogP contribution is 2.10. The van der Waals surface area contributed by atoms with Crippen molar-refractivity contribution in [1.82, 2.24) is 9.80 Å². The van der Waals surface area contributed by atoms with E-state index < -0.39 is 11.8 Å². The van der Waals surface area contributed by atoms with Crippen molar-refractivity contribution in [3.05, 3.63) is 0 Å². The molecule has 2 amide bonds. The minimum absolute atomic E-state index is 0.0823. The molecule has 6 heteroatoms. The van der Waals surface area contributed by atoms with E-state index in [4.69, 9.17) is 10.2 Å². The molecule has 0 aromatic carbocycles. The number of likely N-dealkylation sites (tertiary alicyclic amines) is 1. The van der Waals surface area contributed by atoms with Gasteiger partial charge in [0.15, 0.2) is 0 Å². The number of hydrogen-bond donors (Lipinski definition) is 2. The molecule has 1 heterocycles. The van der Waals surface area contributed by atoms with Gasteiger partial charge in [-0.25, -0.2) is 0 Å². The molecule has 2 N–H and O–H groups in total. The van der Waals surface area contributed by atoms with Crippen LogP contribution in [-0.2, 0) is 9.59 Å². The first kappa shape index (κ1) is 14.9. The molecular formula is C12H22N2O4. The van der Waals surface area contributed by atoms with Crippen LogP contribution in [0.4, 0.5) is 0 Å². The van der Waals surface area contributed by atoms with Gasteiger partial charge in [0.05, 0.1) is 13.2 Å². The van der Waals surface area contributed by atoms with Gasteiger partial charge in [-0.05, 0) is 12.8 Å². The van der Waals surface area contributed by atoms with E-state index >= 15 is 0 Å². The van der Waals surface area contributed by atoms with Gasteiger partial charge < -0.3 is 20.0 Å². The summed E-state index contributed by atoms with van der Waals surface area (Å²) in [4.78, 5) is 26.7. The van der Waals surface area contributed by atoms with Gasteiger partial charge in [-0.3, -0.25) is 9.59 Å². The van der Waals surface area contributed by atoms with Crippen molar-refractivity contribution >= 4 is 11.8 Å². The maximum atomic E-state index is 12.0. The van der Waals surface area contributed by atoms with E-state index in [2.05, 4.69) is 0 Å². The summed E-state index contributed by atoms with van der Waals surface area (Å²) >= 11 is 0. The zero-order valence-electron chi connectivity index (χ0n) is 10.7. The van der Waals surface area contributed by atoms with Crippen LogP contribution in [0.25, 0.3) is 0 Å². The number of rotatable bonds is 4. The minimum atomic E-state index is -0.625. The number of amides is 2.